The molecule has 18 heavy (non-hydrogen) atoms. The highest BCUT2D eigenvalue weighted by Gasteiger charge is 2.32. The van der Waals surface area contributed by atoms with E-state index in [-0.39, 0.29) is 11.9 Å². The molecule has 0 aromatic heterocycles. The molecule has 2 fully saturated rings. The molecule has 2 saturated heterocycles. The van der Waals surface area contributed by atoms with Crippen LogP contribution in [0.25, 0.3) is 0 Å². The molecular formula is C13H26N4O. The van der Waals surface area contributed by atoms with E-state index in [1.807, 2.05) is 19.0 Å². The number of hydrogen-bond donors (Lipinski definition) is 1. The number of piperidine rings is 1. The number of carbonyl (C=O) groups is 1. The monoisotopic (exact) mass is 254 g/mol. The summed E-state index contributed by atoms with van der Waals surface area (Å²) < 4.78 is 0. The van der Waals surface area contributed by atoms with E-state index in [2.05, 4.69) is 22.2 Å². The first-order valence-corrected chi connectivity index (χ1v) is 6.95. The van der Waals surface area contributed by atoms with Gasteiger partial charge in [0.25, 0.3) is 0 Å². The Balaban J connectivity index is 1.91. The number of carbonyl (C=O) groups excluding carboxylic acids is 1. The van der Waals surface area contributed by atoms with Gasteiger partial charge in [-0.25, -0.2) is 0 Å². The Morgan fingerprint density at radius 2 is 1.89 bits per heavy atom. The summed E-state index contributed by atoms with van der Waals surface area (Å²) in [7, 11) is 6.17. The molecule has 2 heterocycles. The Bertz CT molecular complexity index is 289. The molecule has 0 aliphatic carbocycles. The quantitative estimate of drug-likeness (QED) is 0.717. The van der Waals surface area contributed by atoms with Crippen LogP contribution in [0.1, 0.15) is 12.8 Å². The summed E-state index contributed by atoms with van der Waals surface area (Å²) in [6.45, 7) is 4.92. The van der Waals surface area contributed by atoms with Crippen molar-refractivity contribution in [2.45, 2.75) is 24.9 Å². The molecule has 2 aliphatic heterocycles. The molecule has 0 bridgehead atoms. The van der Waals surface area contributed by atoms with Gasteiger partial charge >= 0.3 is 0 Å². The third-order valence-electron chi connectivity index (χ3n) is 4.38. The number of piperazine rings is 1. The lowest BCUT2D eigenvalue weighted by Crippen LogP contribution is -2.58. The molecule has 5 heteroatoms. The summed E-state index contributed by atoms with van der Waals surface area (Å²) in [6.07, 6.45) is 2.20. The van der Waals surface area contributed by atoms with Crippen LogP contribution in [0.3, 0.4) is 0 Å². The summed E-state index contributed by atoms with van der Waals surface area (Å²) in [4.78, 5) is 19.0. The van der Waals surface area contributed by atoms with Crippen LogP contribution in [0.4, 0.5) is 0 Å². The standard InChI is InChI=1S/C13H26N4O/c1-15-7-4-11(5-8-15)17(3)13(18)12-10-14-6-9-16(12)2/h11-12,14H,4-10H2,1-3H3. The minimum absolute atomic E-state index is 0.0170. The van der Waals surface area contributed by atoms with Crippen molar-refractivity contribution in [2.75, 3.05) is 53.9 Å². The maximum Gasteiger partial charge on any atom is 0.241 e. The van der Waals surface area contributed by atoms with Crippen LogP contribution >= 0.6 is 0 Å². The lowest BCUT2D eigenvalue weighted by Gasteiger charge is -2.39. The largest absolute Gasteiger partial charge is 0.341 e. The third-order valence-corrected chi connectivity index (χ3v) is 4.38. The van der Waals surface area contributed by atoms with E-state index in [0.717, 1.165) is 45.6 Å². The molecule has 5 nitrogen and oxygen atoms in total. The second kappa shape index (κ2) is 5.99. The molecule has 1 amide bonds. The molecule has 1 unspecified atom stereocenters. The van der Waals surface area contributed by atoms with E-state index < -0.39 is 0 Å². The highest BCUT2D eigenvalue weighted by atomic mass is 16.2. The topological polar surface area (TPSA) is 38.8 Å². The fraction of sp³-hybridized carbons (Fsp3) is 0.923. The van der Waals surface area contributed by atoms with E-state index in [4.69, 9.17) is 0 Å². The number of rotatable bonds is 2. The predicted octanol–water partition coefficient (Wildman–Crippen LogP) is -0.557. The van der Waals surface area contributed by atoms with Crippen molar-refractivity contribution in [1.82, 2.24) is 20.0 Å². The van der Waals surface area contributed by atoms with Crippen LogP contribution in [-0.2, 0) is 4.79 Å². The third kappa shape index (κ3) is 3.02. The van der Waals surface area contributed by atoms with Crippen molar-refractivity contribution >= 4 is 5.91 Å². The first-order chi connectivity index (χ1) is 8.59. The van der Waals surface area contributed by atoms with Gasteiger partial charge in [0.2, 0.25) is 5.91 Å². The SMILES string of the molecule is CN1CCC(N(C)C(=O)C2CNCCN2C)CC1. The molecule has 2 aliphatic rings. The zero-order valence-electron chi connectivity index (χ0n) is 11.9. The minimum atomic E-state index is 0.0170. The Kier molecular flexibility index (Phi) is 4.59. The van der Waals surface area contributed by atoms with Crippen LogP contribution < -0.4 is 5.32 Å². The van der Waals surface area contributed by atoms with E-state index in [9.17, 15) is 4.79 Å². The first-order valence-electron chi connectivity index (χ1n) is 6.95. The van der Waals surface area contributed by atoms with Crippen LogP contribution in [0, 0.1) is 0 Å². The second-order valence-electron chi connectivity index (χ2n) is 5.68. The van der Waals surface area contributed by atoms with Gasteiger partial charge in [-0.05, 0) is 40.0 Å². The molecule has 0 spiro atoms. The lowest BCUT2D eigenvalue weighted by molar-refractivity contribution is -0.138. The highest BCUT2D eigenvalue weighted by molar-refractivity contribution is 5.82. The van der Waals surface area contributed by atoms with Crippen molar-refractivity contribution in [2.24, 2.45) is 0 Å². The maximum absolute atomic E-state index is 12.5. The van der Waals surface area contributed by atoms with Gasteiger partial charge in [-0.2, -0.15) is 0 Å². The Morgan fingerprint density at radius 1 is 1.22 bits per heavy atom. The fourth-order valence-corrected chi connectivity index (χ4v) is 2.88. The number of likely N-dealkylation sites (N-methyl/N-ethyl adjacent to an activating group) is 2. The predicted molar refractivity (Wildman–Crippen MR) is 72.6 cm³/mol. The number of hydrogen-bond acceptors (Lipinski definition) is 4. The van der Waals surface area contributed by atoms with Crippen LogP contribution in [-0.4, -0.2) is 86.6 Å². The van der Waals surface area contributed by atoms with Crippen molar-refractivity contribution < 1.29 is 4.79 Å². The van der Waals surface area contributed by atoms with Gasteiger partial charge in [0.05, 0.1) is 0 Å². The van der Waals surface area contributed by atoms with Gasteiger partial charge in [0, 0.05) is 32.7 Å². The van der Waals surface area contributed by atoms with Gasteiger partial charge in [0.15, 0.2) is 0 Å². The molecule has 0 aromatic carbocycles. The zero-order chi connectivity index (χ0) is 13.1. The summed E-state index contributed by atoms with van der Waals surface area (Å²) in [5, 5.41) is 3.31. The van der Waals surface area contributed by atoms with Crippen molar-refractivity contribution in [3.05, 3.63) is 0 Å². The molecular weight excluding hydrogens is 228 g/mol. The fourth-order valence-electron chi connectivity index (χ4n) is 2.88. The highest BCUT2D eigenvalue weighted by Crippen LogP contribution is 2.16. The average Bonchev–Trinajstić information content (AvgIpc) is 2.38. The molecule has 0 aromatic rings. The van der Waals surface area contributed by atoms with Gasteiger partial charge in [0.1, 0.15) is 6.04 Å². The van der Waals surface area contributed by atoms with Crippen LogP contribution in [0.15, 0.2) is 0 Å². The number of amides is 1. The molecule has 2 rings (SSSR count). The van der Waals surface area contributed by atoms with Gasteiger partial charge in [-0.1, -0.05) is 0 Å². The Morgan fingerprint density at radius 3 is 2.50 bits per heavy atom. The first kappa shape index (κ1) is 13.8. The van der Waals surface area contributed by atoms with E-state index >= 15 is 0 Å². The number of likely N-dealkylation sites (tertiary alicyclic amines) is 1. The average molecular weight is 254 g/mol. The Hall–Kier alpha value is -0.650. The van der Waals surface area contributed by atoms with E-state index in [0.29, 0.717) is 6.04 Å². The Labute approximate surface area is 110 Å². The summed E-state index contributed by atoms with van der Waals surface area (Å²) in [6, 6.07) is 0.437. The van der Waals surface area contributed by atoms with E-state index in [1.165, 1.54) is 0 Å². The van der Waals surface area contributed by atoms with Gasteiger partial charge < -0.3 is 15.1 Å². The summed E-state index contributed by atoms with van der Waals surface area (Å²) >= 11 is 0. The molecule has 1 N–H and O–H groups in total. The zero-order valence-corrected chi connectivity index (χ0v) is 11.9. The number of nitrogens with zero attached hydrogens (tertiary/aromatic N) is 3. The summed E-state index contributed by atoms with van der Waals surface area (Å²) in [5.74, 6) is 0.277. The van der Waals surface area contributed by atoms with Crippen LogP contribution in [0.5, 0.6) is 0 Å². The normalized spacial score (nSPS) is 28.3. The molecule has 0 saturated carbocycles. The smallest absolute Gasteiger partial charge is 0.241 e. The van der Waals surface area contributed by atoms with Crippen molar-refractivity contribution in [3.63, 3.8) is 0 Å². The number of nitrogens with one attached hydrogen (secondary N) is 1. The van der Waals surface area contributed by atoms with Crippen molar-refractivity contribution in [3.8, 4) is 0 Å². The van der Waals surface area contributed by atoms with E-state index in [1.54, 1.807) is 0 Å². The molecule has 0 radical (unpaired) electrons. The minimum Gasteiger partial charge on any atom is -0.341 e. The molecule has 104 valence electrons. The van der Waals surface area contributed by atoms with Crippen LogP contribution in [0.2, 0.25) is 0 Å². The summed E-state index contributed by atoms with van der Waals surface area (Å²) in [5.41, 5.74) is 0. The van der Waals surface area contributed by atoms with Gasteiger partial charge in [-0.3, -0.25) is 9.69 Å². The maximum atomic E-state index is 12.5. The van der Waals surface area contributed by atoms with Crippen molar-refractivity contribution in [1.29, 1.82) is 0 Å². The second-order valence-corrected chi connectivity index (χ2v) is 5.68. The lowest BCUT2D eigenvalue weighted by atomic mass is 10.0. The molecule has 1 atom stereocenters. The van der Waals surface area contributed by atoms with Gasteiger partial charge in [-0.15, -0.1) is 0 Å².